The molecule has 3 nitrogen and oxygen atoms in total. The lowest BCUT2D eigenvalue weighted by molar-refractivity contribution is 0.0692. The zero-order valence-corrected chi connectivity index (χ0v) is 9.74. The van der Waals surface area contributed by atoms with Crippen LogP contribution in [0.2, 0.25) is 0 Å². The Morgan fingerprint density at radius 3 is 2.50 bits per heavy atom. The number of hydrogen-bond donors (Lipinski definition) is 1. The van der Waals surface area contributed by atoms with Crippen molar-refractivity contribution in [2.24, 2.45) is 0 Å². The minimum absolute atomic E-state index is 0.0868. The van der Waals surface area contributed by atoms with E-state index in [1.165, 1.54) is 6.07 Å². The highest BCUT2D eigenvalue weighted by Crippen LogP contribution is 2.15. The first-order valence-corrected chi connectivity index (χ1v) is 5.20. The number of benzene rings is 1. The molecule has 0 unspecified atom stereocenters. The third-order valence-corrected chi connectivity index (χ3v) is 2.50. The van der Waals surface area contributed by atoms with E-state index in [9.17, 15) is 9.59 Å². The summed E-state index contributed by atoms with van der Waals surface area (Å²) in [7, 11) is 0. The van der Waals surface area contributed by atoms with Crippen LogP contribution in [-0.2, 0) is 0 Å². The predicted octanol–water partition coefficient (Wildman–Crippen LogP) is 2.58. The normalized spacial score (nSPS) is 9.86. The molecule has 0 spiro atoms. The topological polar surface area (TPSA) is 54.4 Å². The fourth-order valence-corrected chi connectivity index (χ4v) is 1.62. The Kier molecular flexibility index (Phi) is 3.62. The van der Waals surface area contributed by atoms with E-state index in [-0.39, 0.29) is 11.3 Å². The molecule has 14 heavy (non-hydrogen) atoms. The number of halogens is 1. The van der Waals surface area contributed by atoms with E-state index in [4.69, 9.17) is 5.11 Å². The predicted molar refractivity (Wildman–Crippen MR) is 60.7 cm³/mol. The largest absolute Gasteiger partial charge is 0.478 e. The van der Waals surface area contributed by atoms with E-state index in [1.54, 1.807) is 19.1 Å². The maximum atomic E-state index is 11.4. The first-order chi connectivity index (χ1) is 6.56. The summed E-state index contributed by atoms with van der Waals surface area (Å²) >= 11 is 2.02. The summed E-state index contributed by atoms with van der Waals surface area (Å²) in [5.74, 6) is -1.20. The standard InChI is InChI=1S/C10H9IO3/c1-2-9(12)7-4-3-6(11)5-8(7)10(13)14/h3-5H,2H2,1H3,(H,13,14). The van der Waals surface area contributed by atoms with Crippen molar-refractivity contribution in [3.8, 4) is 0 Å². The Balaban J connectivity index is 3.28. The third-order valence-electron chi connectivity index (χ3n) is 1.83. The Morgan fingerprint density at radius 1 is 1.36 bits per heavy atom. The van der Waals surface area contributed by atoms with Crippen LogP contribution in [0.5, 0.6) is 0 Å². The molecule has 0 saturated heterocycles. The van der Waals surface area contributed by atoms with E-state index in [2.05, 4.69) is 0 Å². The molecule has 0 aromatic heterocycles. The summed E-state index contributed by atoms with van der Waals surface area (Å²) < 4.78 is 0.813. The highest BCUT2D eigenvalue weighted by atomic mass is 127. The molecule has 0 amide bonds. The van der Waals surface area contributed by atoms with Gasteiger partial charge in [0.25, 0.3) is 0 Å². The molecule has 1 aromatic rings. The van der Waals surface area contributed by atoms with Crippen LogP contribution in [0.15, 0.2) is 18.2 Å². The minimum atomic E-state index is -1.06. The van der Waals surface area contributed by atoms with Gasteiger partial charge in [-0.05, 0) is 40.8 Å². The number of Topliss-reactive ketones (excluding diaryl/α,β-unsaturated/α-hetero) is 1. The van der Waals surface area contributed by atoms with E-state index < -0.39 is 5.97 Å². The van der Waals surface area contributed by atoms with Crippen LogP contribution in [0.3, 0.4) is 0 Å². The zero-order chi connectivity index (χ0) is 10.7. The average molecular weight is 304 g/mol. The second-order valence-electron chi connectivity index (χ2n) is 2.77. The Morgan fingerprint density at radius 2 is 2.00 bits per heavy atom. The number of rotatable bonds is 3. The summed E-state index contributed by atoms with van der Waals surface area (Å²) in [6.45, 7) is 1.71. The molecular formula is C10H9IO3. The van der Waals surface area contributed by atoms with Gasteiger partial charge in [0.15, 0.2) is 5.78 Å². The Labute approximate surface area is 95.3 Å². The molecule has 0 aliphatic rings. The maximum Gasteiger partial charge on any atom is 0.336 e. The second-order valence-corrected chi connectivity index (χ2v) is 4.02. The second kappa shape index (κ2) is 4.54. The maximum absolute atomic E-state index is 11.4. The fourth-order valence-electron chi connectivity index (χ4n) is 1.13. The molecule has 1 rings (SSSR count). The van der Waals surface area contributed by atoms with Gasteiger partial charge in [0, 0.05) is 15.6 Å². The number of carbonyl (C=O) groups excluding carboxylic acids is 1. The van der Waals surface area contributed by atoms with Crippen molar-refractivity contribution in [1.82, 2.24) is 0 Å². The van der Waals surface area contributed by atoms with Gasteiger partial charge in [-0.1, -0.05) is 6.92 Å². The minimum Gasteiger partial charge on any atom is -0.478 e. The lowest BCUT2D eigenvalue weighted by Crippen LogP contribution is -2.08. The molecule has 0 aliphatic carbocycles. The molecular weight excluding hydrogens is 295 g/mol. The van der Waals surface area contributed by atoms with Crippen LogP contribution in [0.4, 0.5) is 0 Å². The van der Waals surface area contributed by atoms with Crippen molar-refractivity contribution in [2.45, 2.75) is 13.3 Å². The molecule has 0 fully saturated rings. The lowest BCUT2D eigenvalue weighted by atomic mass is 10.0. The number of carbonyl (C=O) groups is 2. The van der Waals surface area contributed by atoms with Crippen LogP contribution in [0.25, 0.3) is 0 Å². The number of carboxylic acid groups (broad SMARTS) is 1. The number of hydrogen-bond acceptors (Lipinski definition) is 2. The van der Waals surface area contributed by atoms with Crippen LogP contribution in [-0.4, -0.2) is 16.9 Å². The highest BCUT2D eigenvalue weighted by Gasteiger charge is 2.14. The van der Waals surface area contributed by atoms with Crippen molar-refractivity contribution in [2.75, 3.05) is 0 Å². The SMILES string of the molecule is CCC(=O)c1ccc(I)cc1C(=O)O. The summed E-state index contributed by atoms with van der Waals surface area (Å²) in [4.78, 5) is 22.2. The Bertz CT molecular complexity index is 385. The zero-order valence-electron chi connectivity index (χ0n) is 7.58. The summed E-state index contributed by atoms with van der Waals surface area (Å²) in [5, 5.41) is 8.88. The van der Waals surface area contributed by atoms with Gasteiger partial charge in [-0.25, -0.2) is 4.79 Å². The van der Waals surface area contributed by atoms with Gasteiger partial charge in [0.1, 0.15) is 0 Å². The first-order valence-electron chi connectivity index (χ1n) is 4.12. The van der Waals surface area contributed by atoms with E-state index in [1.807, 2.05) is 22.6 Å². The third kappa shape index (κ3) is 2.31. The van der Waals surface area contributed by atoms with E-state index in [0.717, 1.165) is 3.57 Å². The molecule has 4 heteroatoms. The molecule has 1 aromatic carbocycles. The van der Waals surface area contributed by atoms with Crippen LogP contribution < -0.4 is 0 Å². The monoisotopic (exact) mass is 304 g/mol. The van der Waals surface area contributed by atoms with Gasteiger partial charge in [0.05, 0.1) is 5.56 Å². The van der Waals surface area contributed by atoms with Crippen LogP contribution in [0.1, 0.15) is 34.1 Å². The van der Waals surface area contributed by atoms with Crippen molar-refractivity contribution in [1.29, 1.82) is 0 Å². The van der Waals surface area contributed by atoms with Gasteiger partial charge in [0.2, 0.25) is 0 Å². The molecule has 0 aliphatic heterocycles. The number of ketones is 1. The molecule has 1 N–H and O–H groups in total. The molecule has 0 atom stereocenters. The smallest absolute Gasteiger partial charge is 0.336 e. The fraction of sp³-hybridized carbons (Fsp3) is 0.200. The first kappa shape index (κ1) is 11.2. The summed E-state index contributed by atoms with van der Waals surface area (Å²) in [6.07, 6.45) is 0.320. The van der Waals surface area contributed by atoms with Gasteiger partial charge in [-0.3, -0.25) is 4.79 Å². The molecule has 74 valence electrons. The number of carboxylic acids is 1. The number of aromatic carboxylic acids is 1. The van der Waals surface area contributed by atoms with Gasteiger partial charge in [-0.2, -0.15) is 0 Å². The quantitative estimate of drug-likeness (QED) is 0.690. The molecule has 0 bridgehead atoms. The van der Waals surface area contributed by atoms with Crippen molar-refractivity contribution in [3.05, 3.63) is 32.9 Å². The van der Waals surface area contributed by atoms with E-state index >= 15 is 0 Å². The van der Waals surface area contributed by atoms with Gasteiger partial charge < -0.3 is 5.11 Å². The Hall–Kier alpha value is -0.910. The van der Waals surface area contributed by atoms with Crippen LogP contribution >= 0.6 is 22.6 Å². The van der Waals surface area contributed by atoms with Crippen molar-refractivity contribution < 1.29 is 14.7 Å². The van der Waals surface area contributed by atoms with Crippen molar-refractivity contribution >= 4 is 34.3 Å². The lowest BCUT2D eigenvalue weighted by Gasteiger charge is -2.03. The van der Waals surface area contributed by atoms with Gasteiger partial charge >= 0.3 is 5.97 Å². The molecule has 0 saturated carbocycles. The van der Waals surface area contributed by atoms with Crippen LogP contribution in [0, 0.1) is 3.57 Å². The average Bonchev–Trinajstić information content (AvgIpc) is 2.16. The highest BCUT2D eigenvalue weighted by molar-refractivity contribution is 14.1. The molecule has 0 radical (unpaired) electrons. The summed E-state index contributed by atoms with van der Waals surface area (Å²) in [6, 6.07) is 4.80. The van der Waals surface area contributed by atoms with Crippen molar-refractivity contribution in [3.63, 3.8) is 0 Å². The molecule has 0 heterocycles. The van der Waals surface area contributed by atoms with Gasteiger partial charge in [-0.15, -0.1) is 0 Å². The summed E-state index contributed by atoms with van der Waals surface area (Å²) in [5.41, 5.74) is 0.379. The van der Waals surface area contributed by atoms with E-state index in [0.29, 0.717) is 12.0 Å².